The number of H-pyrrole nitrogens is 2. The van der Waals surface area contributed by atoms with E-state index in [2.05, 4.69) is 30.5 Å². The first-order valence-electron chi connectivity index (χ1n) is 10.2. The van der Waals surface area contributed by atoms with E-state index in [0.717, 1.165) is 22.0 Å². The summed E-state index contributed by atoms with van der Waals surface area (Å²) in [5, 5.41) is 11.4. The Bertz CT molecular complexity index is 1510. The third kappa shape index (κ3) is 3.64. The summed E-state index contributed by atoms with van der Waals surface area (Å²) in [6.07, 6.45) is 5.22. The minimum Gasteiger partial charge on any atom is -0.446 e. The van der Waals surface area contributed by atoms with Gasteiger partial charge in [0.1, 0.15) is 11.1 Å². The Kier molecular flexibility index (Phi) is 4.78. The smallest absolute Gasteiger partial charge is 0.262 e. The fourth-order valence-electron chi connectivity index (χ4n) is 3.60. The zero-order valence-electron chi connectivity index (χ0n) is 17.5. The maximum Gasteiger partial charge on any atom is 0.262 e. The number of hydrogen-bond donors (Lipinski definition) is 3. The van der Waals surface area contributed by atoms with E-state index in [0.29, 0.717) is 29.0 Å². The van der Waals surface area contributed by atoms with E-state index < -0.39 is 0 Å². The first-order chi connectivity index (χ1) is 15.5. The average Bonchev–Trinajstić information content (AvgIpc) is 3.40. The number of carbonyl (C=O) groups excluding carboxylic acids is 1. The van der Waals surface area contributed by atoms with Gasteiger partial charge in [-0.25, -0.2) is 0 Å². The van der Waals surface area contributed by atoms with Crippen LogP contribution in [0.5, 0.6) is 0 Å². The van der Waals surface area contributed by atoms with Crippen LogP contribution < -0.4 is 10.9 Å². The fourth-order valence-corrected chi connectivity index (χ4v) is 3.60. The highest BCUT2D eigenvalue weighted by molar-refractivity contribution is 5.95. The number of nitrogens with one attached hydrogen (secondary N) is 3. The number of benzene rings is 1. The molecular weight excluding hydrogens is 408 g/mol. The second-order valence-corrected chi connectivity index (χ2v) is 7.99. The van der Waals surface area contributed by atoms with Crippen molar-refractivity contribution < 1.29 is 9.21 Å². The number of pyridine rings is 1. The topological polar surface area (TPSA) is 130 Å². The summed E-state index contributed by atoms with van der Waals surface area (Å²) in [6, 6.07) is 9.23. The van der Waals surface area contributed by atoms with E-state index in [1.165, 1.54) is 6.26 Å². The second kappa shape index (κ2) is 7.77. The molecule has 160 valence electrons. The van der Waals surface area contributed by atoms with Crippen molar-refractivity contribution in [1.29, 1.82) is 0 Å². The molecule has 1 aromatic carbocycles. The molecule has 0 spiro atoms. The van der Waals surface area contributed by atoms with Crippen molar-refractivity contribution >= 4 is 33.6 Å². The highest BCUT2D eigenvalue weighted by Crippen LogP contribution is 2.30. The molecular formula is C23H20N6O3. The molecule has 0 aliphatic rings. The van der Waals surface area contributed by atoms with Gasteiger partial charge in [-0.3, -0.25) is 19.7 Å². The Hall–Kier alpha value is -4.27. The van der Waals surface area contributed by atoms with Crippen LogP contribution in [0.2, 0.25) is 0 Å². The molecule has 4 heterocycles. The van der Waals surface area contributed by atoms with Gasteiger partial charge in [0.05, 0.1) is 23.7 Å². The van der Waals surface area contributed by atoms with Gasteiger partial charge in [0.15, 0.2) is 5.82 Å². The van der Waals surface area contributed by atoms with Crippen LogP contribution in [0.1, 0.15) is 20.3 Å². The number of amides is 1. The first-order valence-corrected chi connectivity index (χ1v) is 10.2. The van der Waals surface area contributed by atoms with Crippen LogP contribution >= 0.6 is 0 Å². The Morgan fingerprint density at radius 3 is 2.84 bits per heavy atom. The predicted molar refractivity (Wildman–Crippen MR) is 121 cm³/mol. The summed E-state index contributed by atoms with van der Waals surface area (Å²) >= 11 is 0. The lowest BCUT2D eigenvalue weighted by molar-refractivity contribution is -0.116. The van der Waals surface area contributed by atoms with E-state index in [-0.39, 0.29) is 23.1 Å². The number of hydrogen-bond acceptors (Lipinski definition) is 6. The number of furan rings is 1. The number of carbonyl (C=O) groups is 1. The van der Waals surface area contributed by atoms with Gasteiger partial charge < -0.3 is 14.7 Å². The second-order valence-electron chi connectivity index (χ2n) is 7.99. The van der Waals surface area contributed by atoms with Gasteiger partial charge >= 0.3 is 0 Å². The van der Waals surface area contributed by atoms with Crippen LogP contribution in [0.25, 0.3) is 44.6 Å². The molecule has 9 nitrogen and oxygen atoms in total. The monoisotopic (exact) mass is 428 g/mol. The molecule has 5 aromatic rings. The summed E-state index contributed by atoms with van der Waals surface area (Å²) in [7, 11) is 0. The van der Waals surface area contributed by atoms with Gasteiger partial charge in [-0.1, -0.05) is 19.9 Å². The molecule has 0 unspecified atom stereocenters. The molecule has 0 bridgehead atoms. The molecule has 4 aromatic heterocycles. The highest BCUT2D eigenvalue weighted by Gasteiger charge is 2.15. The zero-order valence-corrected chi connectivity index (χ0v) is 17.5. The van der Waals surface area contributed by atoms with Crippen molar-refractivity contribution in [2.24, 2.45) is 5.92 Å². The number of aromatic nitrogens is 5. The lowest BCUT2D eigenvalue weighted by Gasteiger charge is -2.09. The van der Waals surface area contributed by atoms with E-state index in [1.54, 1.807) is 18.5 Å². The van der Waals surface area contributed by atoms with Crippen LogP contribution in [0, 0.1) is 5.92 Å². The molecule has 0 aliphatic heterocycles. The van der Waals surface area contributed by atoms with Crippen LogP contribution in [-0.2, 0) is 4.79 Å². The summed E-state index contributed by atoms with van der Waals surface area (Å²) in [5.41, 5.74) is 3.62. The number of aromatic amines is 2. The van der Waals surface area contributed by atoms with Crippen molar-refractivity contribution in [2.45, 2.75) is 20.3 Å². The number of anilines is 1. The molecule has 3 N–H and O–H groups in total. The molecule has 0 radical (unpaired) electrons. The Morgan fingerprint density at radius 1 is 1.12 bits per heavy atom. The minimum atomic E-state index is -0.292. The Morgan fingerprint density at radius 2 is 2.00 bits per heavy atom. The van der Waals surface area contributed by atoms with Gasteiger partial charge in [-0.15, -0.1) is 0 Å². The van der Waals surface area contributed by atoms with Crippen molar-refractivity contribution in [1.82, 2.24) is 25.1 Å². The highest BCUT2D eigenvalue weighted by atomic mass is 16.3. The summed E-state index contributed by atoms with van der Waals surface area (Å²) in [6.45, 7) is 4.00. The standard InChI is InChI=1S/C23H20N6O3/c1-12(2)7-19(30)25-15-8-14(10-24-11-15)13-3-4-18-17(9-13)20(29-28-18)21-26-22(31)16-5-6-32-23(16)27-21/h3-6,8-12H,7H2,1-2H3,(H,25,30)(H,28,29)(H,26,27,31). The largest absolute Gasteiger partial charge is 0.446 e. The van der Waals surface area contributed by atoms with Gasteiger partial charge in [0, 0.05) is 23.6 Å². The quantitative estimate of drug-likeness (QED) is 0.386. The van der Waals surface area contributed by atoms with E-state index in [9.17, 15) is 9.59 Å². The number of nitrogens with zero attached hydrogens (tertiary/aromatic N) is 3. The van der Waals surface area contributed by atoms with Gasteiger partial charge in [-0.05, 0) is 35.7 Å². The Balaban J connectivity index is 1.53. The van der Waals surface area contributed by atoms with Gasteiger partial charge in [0.25, 0.3) is 5.56 Å². The van der Waals surface area contributed by atoms with Crippen molar-refractivity contribution in [3.05, 3.63) is 59.3 Å². The SMILES string of the molecule is CC(C)CC(=O)Nc1cncc(-c2ccc3[nH]nc(-c4nc5occc5c(=O)[nH]4)c3c2)c1. The van der Waals surface area contributed by atoms with Gasteiger partial charge in [0.2, 0.25) is 11.6 Å². The Labute approximate surface area is 181 Å². The zero-order chi connectivity index (χ0) is 22.2. The average molecular weight is 428 g/mol. The summed E-state index contributed by atoms with van der Waals surface area (Å²) in [4.78, 5) is 35.9. The maximum absolute atomic E-state index is 12.3. The molecule has 32 heavy (non-hydrogen) atoms. The molecule has 0 fully saturated rings. The minimum absolute atomic E-state index is 0.0464. The van der Waals surface area contributed by atoms with E-state index in [1.807, 2.05) is 38.1 Å². The number of fused-ring (bicyclic) bond motifs is 2. The summed E-state index contributed by atoms with van der Waals surface area (Å²) < 4.78 is 5.30. The van der Waals surface area contributed by atoms with E-state index >= 15 is 0 Å². The lowest BCUT2D eigenvalue weighted by atomic mass is 10.0. The van der Waals surface area contributed by atoms with Crippen LogP contribution in [0.3, 0.4) is 0 Å². The fraction of sp³-hybridized carbons (Fsp3) is 0.174. The third-order valence-corrected chi connectivity index (χ3v) is 5.07. The molecule has 0 aliphatic carbocycles. The molecule has 9 heteroatoms. The molecule has 5 rings (SSSR count). The van der Waals surface area contributed by atoms with Gasteiger partial charge in [-0.2, -0.15) is 10.1 Å². The van der Waals surface area contributed by atoms with Crippen molar-refractivity contribution in [3.63, 3.8) is 0 Å². The molecule has 0 saturated heterocycles. The summed E-state index contributed by atoms with van der Waals surface area (Å²) in [5.74, 6) is 0.539. The lowest BCUT2D eigenvalue weighted by Crippen LogP contribution is -2.13. The predicted octanol–water partition coefficient (Wildman–Crippen LogP) is 4.11. The van der Waals surface area contributed by atoms with Crippen LogP contribution in [0.15, 0.2) is 58.2 Å². The maximum atomic E-state index is 12.3. The molecule has 0 saturated carbocycles. The van der Waals surface area contributed by atoms with Crippen LogP contribution in [-0.4, -0.2) is 31.1 Å². The first kappa shape index (κ1) is 19.7. The van der Waals surface area contributed by atoms with Crippen molar-refractivity contribution in [3.8, 4) is 22.6 Å². The third-order valence-electron chi connectivity index (χ3n) is 5.07. The number of rotatable bonds is 5. The molecule has 1 amide bonds. The molecule has 0 atom stereocenters. The normalized spacial score (nSPS) is 11.5. The van der Waals surface area contributed by atoms with Crippen LogP contribution in [0.4, 0.5) is 5.69 Å². The van der Waals surface area contributed by atoms with Crippen molar-refractivity contribution in [2.75, 3.05) is 5.32 Å². The van der Waals surface area contributed by atoms with E-state index in [4.69, 9.17) is 4.42 Å².